The number of halogens is 1. The van der Waals surface area contributed by atoms with Gasteiger partial charge in [0, 0.05) is 18.9 Å². The Morgan fingerprint density at radius 2 is 1.45 bits per heavy atom. The third kappa shape index (κ3) is 4.57. The first-order valence-electron chi connectivity index (χ1n) is 7.49. The molecule has 0 fully saturated rings. The molecule has 0 heterocycles. The van der Waals surface area contributed by atoms with E-state index in [-0.39, 0.29) is 18.3 Å². The summed E-state index contributed by atoms with van der Waals surface area (Å²) < 4.78 is 0. The first-order valence-corrected chi connectivity index (χ1v) is 7.49. The maximum absolute atomic E-state index is 11.4. The summed E-state index contributed by atoms with van der Waals surface area (Å²) in [7, 11) is 4.09. The van der Waals surface area contributed by atoms with Crippen LogP contribution in [0.1, 0.15) is 18.1 Å². The molecule has 0 amide bonds. The standard InChI is InChI=1S/C19H25NO.ClH/c1-16(15-20(2)3)19(21,18-12-8-5-9-13-18)14-17-10-6-4-7-11-17;/h4-13,16,21H,14-15H2,1-3H3;1H/t16-,19+;/m1./s1. The lowest BCUT2D eigenvalue weighted by Crippen LogP contribution is -2.41. The van der Waals surface area contributed by atoms with Gasteiger partial charge in [0.1, 0.15) is 0 Å². The smallest absolute Gasteiger partial charge is 0.0974 e. The van der Waals surface area contributed by atoms with E-state index < -0.39 is 5.60 Å². The van der Waals surface area contributed by atoms with Crippen LogP contribution in [0.15, 0.2) is 60.7 Å². The molecule has 2 aromatic carbocycles. The molecule has 0 aromatic heterocycles. The molecule has 2 nitrogen and oxygen atoms in total. The van der Waals surface area contributed by atoms with E-state index in [1.54, 1.807) is 0 Å². The number of rotatable bonds is 6. The Bertz CT molecular complexity index is 544. The summed E-state index contributed by atoms with van der Waals surface area (Å²) in [6.45, 7) is 2.97. The van der Waals surface area contributed by atoms with Gasteiger partial charge in [0.05, 0.1) is 5.60 Å². The van der Waals surface area contributed by atoms with Crippen molar-refractivity contribution in [1.82, 2.24) is 4.90 Å². The fourth-order valence-corrected chi connectivity index (χ4v) is 2.89. The number of hydrogen-bond acceptors (Lipinski definition) is 2. The second-order valence-electron chi connectivity index (χ2n) is 6.12. The van der Waals surface area contributed by atoms with Gasteiger partial charge in [-0.05, 0) is 25.2 Å². The largest absolute Gasteiger partial charge is 0.384 e. The van der Waals surface area contributed by atoms with Crippen molar-refractivity contribution in [2.45, 2.75) is 18.9 Å². The van der Waals surface area contributed by atoms with E-state index in [0.717, 1.165) is 17.7 Å². The molecule has 0 aliphatic carbocycles. The summed E-state index contributed by atoms with van der Waals surface area (Å²) in [4.78, 5) is 2.13. The van der Waals surface area contributed by atoms with Gasteiger partial charge >= 0.3 is 0 Å². The highest BCUT2D eigenvalue weighted by molar-refractivity contribution is 5.85. The van der Waals surface area contributed by atoms with E-state index in [4.69, 9.17) is 0 Å². The van der Waals surface area contributed by atoms with Gasteiger partial charge in [-0.15, -0.1) is 12.4 Å². The number of aliphatic hydroxyl groups is 1. The van der Waals surface area contributed by atoms with Crippen molar-refractivity contribution in [3.63, 3.8) is 0 Å². The fourth-order valence-electron chi connectivity index (χ4n) is 2.89. The lowest BCUT2D eigenvalue weighted by molar-refractivity contribution is -0.0254. The minimum absolute atomic E-state index is 0. The van der Waals surface area contributed by atoms with Crippen molar-refractivity contribution in [1.29, 1.82) is 0 Å². The van der Waals surface area contributed by atoms with Crippen molar-refractivity contribution in [3.8, 4) is 0 Å². The molecular formula is C19H26ClNO. The molecule has 0 aliphatic heterocycles. The van der Waals surface area contributed by atoms with Crippen LogP contribution in [-0.2, 0) is 12.0 Å². The van der Waals surface area contributed by atoms with Crippen molar-refractivity contribution in [2.24, 2.45) is 5.92 Å². The van der Waals surface area contributed by atoms with Gasteiger partial charge in [0.15, 0.2) is 0 Å². The Morgan fingerprint density at radius 3 is 1.95 bits per heavy atom. The average Bonchev–Trinajstić information content (AvgIpc) is 2.48. The van der Waals surface area contributed by atoms with E-state index in [1.807, 2.05) is 62.6 Å². The number of nitrogens with zero attached hydrogens (tertiary/aromatic N) is 1. The first kappa shape index (κ1) is 18.7. The maximum atomic E-state index is 11.4. The third-order valence-electron chi connectivity index (χ3n) is 4.04. The van der Waals surface area contributed by atoms with Crippen LogP contribution in [0.4, 0.5) is 0 Å². The van der Waals surface area contributed by atoms with Gasteiger partial charge in [0.2, 0.25) is 0 Å². The van der Waals surface area contributed by atoms with E-state index in [9.17, 15) is 5.11 Å². The second-order valence-corrected chi connectivity index (χ2v) is 6.12. The zero-order chi connectivity index (χ0) is 15.3. The molecule has 3 heteroatoms. The SMILES string of the molecule is C[C@H](CN(C)C)[C@@](O)(Cc1ccccc1)c1ccccc1.Cl. The summed E-state index contributed by atoms with van der Waals surface area (Å²) in [6, 6.07) is 20.2. The Balaban J connectivity index is 0.00000242. The van der Waals surface area contributed by atoms with E-state index in [0.29, 0.717) is 6.42 Å². The summed E-state index contributed by atoms with van der Waals surface area (Å²) in [5.74, 6) is 0.134. The van der Waals surface area contributed by atoms with E-state index >= 15 is 0 Å². The molecule has 1 N–H and O–H groups in total. The molecule has 0 bridgehead atoms. The van der Waals surface area contributed by atoms with Gasteiger partial charge in [-0.1, -0.05) is 67.6 Å². The summed E-state index contributed by atoms with van der Waals surface area (Å²) in [5.41, 5.74) is 1.30. The Morgan fingerprint density at radius 1 is 0.955 bits per heavy atom. The molecule has 0 unspecified atom stereocenters. The zero-order valence-corrected chi connectivity index (χ0v) is 14.4. The molecule has 0 saturated heterocycles. The molecule has 22 heavy (non-hydrogen) atoms. The minimum atomic E-state index is -0.854. The Kier molecular flexibility index (Phi) is 7.08. The van der Waals surface area contributed by atoms with Crippen LogP contribution < -0.4 is 0 Å². The molecule has 0 aliphatic rings. The third-order valence-corrected chi connectivity index (χ3v) is 4.04. The Labute approximate surface area is 140 Å². The minimum Gasteiger partial charge on any atom is -0.384 e. The van der Waals surface area contributed by atoms with Crippen LogP contribution in [0, 0.1) is 5.92 Å². The molecular weight excluding hydrogens is 294 g/mol. The quantitative estimate of drug-likeness (QED) is 0.877. The molecule has 0 saturated carbocycles. The van der Waals surface area contributed by atoms with Gasteiger partial charge in [-0.2, -0.15) is 0 Å². The highest BCUT2D eigenvalue weighted by Crippen LogP contribution is 2.33. The maximum Gasteiger partial charge on any atom is 0.0974 e. The van der Waals surface area contributed by atoms with Crippen LogP contribution >= 0.6 is 12.4 Å². The average molecular weight is 320 g/mol. The monoisotopic (exact) mass is 319 g/mol. The van der Waals surface area contributed by atoms with Crippen molar-refractivity contribution in [3.05, 3.63) is 71.8 Å². The normalized spacial score (nSPS) is 15.0. The summed E-state index contributed by atoms with van der Waals surface area (Å²) in [6.07, 6.45) is 0.632. The lowest BCUT2D eigenvalue weighted by atomic mass is 9.77. The first-order chi connectivity index (χ1) is 10.0. The van der Waals surface area contributed by atoms with E-state index in [2.05, 4.69) is 24.0 Å². The topological polar surface area (TPSA) is 23.5 Å². The van der Waals surface area contributed by atoms with E-state index in [1.165, 1.54) is 0 Å². The molecule has 2 rings (SSSR count). The summed E-state index contributed by atoms with van der Waals surface area (Å²) in [5, 5.41) is 11.4. The Hall–Kier alpha value is -1.35. The molecule has 2 atom stereocenters. The van der Waals surface area contributed by atoms with Crippen LogP contribution in [0.5, 0.6) is 0 Å². The molecule has 0 radical (unpaired) electrons. The molecule has 0 spiro atoms. The van der Waals surface area contributed by atoms with Crippen LogP contribution in [-0.4, -0.2) is 30.6 Å². The van der Waals surface area contributed by atoms with Crippen molar-refractivity contribution >= 4 is 12.4 Å². The number of hydrogen-bond donors (Lipinski definition) is 1. The van der Waals surface area contributed by atoms with Crippen molar-refractivity contribution < 1.29 is 5.11 Å². The predicted molar refractivity (Wildman–Crippen MR) is 95.5 cm³/mol. The second kappa shape index (κ2) is 8.33. The highest BCUT2D eigenvalue weighted by Gasteiger charge is 2.35. The summed E-state index contributed by atoms with van der Waals surface area (Å²) >= 11 is 0. The fraction of sp³-hybridized carbons (Fsp3) is 0.368. The zero-order valence-electron chi connectivity index (χ0n) is 13.6. The van der Waals surface area contributed by atoms with Gasteiger partial charge in [-0.3, -0.25) is 0 Å². The highest BCUT2D eigenvalue weighted by atomic mass is 35.5. The van der Waals surface area contributed by atoms with Crippen LogP contribution in [0.3, 0.4) is 0 Å². The lowest BCUT2D eigenvalue weighted by Gasteiger charge is -2.36. The predicted octanol–water partition coefficient (Wildman–Crippen LogP) is 3.74. The number of benzene rings is 2. The van der Waals surface area contributed by atoms with Crippen molar-refractivity contribution in [2.75, 3.05) is 20.6 Å². The van der Waals surface area contributed by atoms with Gasteiger partial charge in [-0.25, -0.2) is 0 Å². The van der Waals surface area contributed by atoms with Crippen LogP contribution in [0.25, 0.3) is 0 Å². The van der Waals surface area contributed by atoms with Gasteiger partial charge < -0.3 is 10.0 Å². The molecule has 2 aromatic rings. The molecule has 120 valence electrons. The van der Waals surface area contributed by atoms with Gasteiger partial charge in [0.25, 0.3) is 0 Å². The van der Waals surface area contributed by atoms with Crippen LogP contribution in [0.2, 0.25) is 0 Å².